The van der Waals surface area contributed by atoms with Crippen LogP contribution in [0.2, 0.25) is 0 Å². The lowest BCUT2D eigenvalue weighted by atomic mass is 10.0. The molecule has 0 fully saturated rings. The van der Waals surface area contributed by atoms with Crippen molar-refractivity contribution in [1.82, 2.24) is 10.3 Å². The Morgan fingerprint density at radius 3 is 2.11 bits per heavy atom. The first-order valence-corrected chi connectivity index (χ1v) is 18.8. The molecule has 302 valence electrons. The normalized spacial score (nSPS) is 12.0. The molecule has 0 saturated carbocycles. The molecule has 1 aromatic heterocycles. The summed E-state index contributed by atoms with van der Waals surface area (Å²) in [4.78, 5) is 33.5. The lowest BCUT2D eigenvalue weighted by molar-refractivity contribution is -0.137. The maximum Gasteiger partial charge on any atom is 0.416 e. The predicted molar refractivity (Wildman–Crippen MR) is 211 cm³/mol. The fourth-order valence-electron chi connectivity index (χ4n) is 5.72. The molecule has 0 spiro atoms. The molecule has 1 atom stereocenters. The van der Waals surface area contributed by atoms with Gasteiger partial charge in [0.1, 0.15) is 0 Å². The molecule has 11 nitrogen and oxygen atoms in total. The SMILES string of the molecule is CCCOCCOCCOCCOCC(N)c1cccc(C(=O)Nc2ccc(N(CC)CC)cc2-c2cc(C(=O)NCc3cccc(C(F)(F)F)c3)ccn2)c1. The van der Waals surface area contributed by atoms with E-state index >= 15 is 0 Å². The van der Waals surface area contributed by atoms with Gasteiger partial charge in [0.05, 0.1) is 69.2 Å². The van der Waals surface area contributed by atoms with Gasteiger partial charge in [0.2, 0.25) is 0 Å². The monoisotopic (exact) mass is 779 g/mol. The third-order valence-corrected chi connectivity index (χ3v) is 8.72. The topological polar surface area (TPSA) is 137 Å². The van der Waals surface area contributed by atoms with Crippen LogP contribution in [0.5, 0.6) is 0 Å². The first-order valence-electron chi connectivity index (χ1n) is 18.8. The summed E-state index contributed by atoms with van der Waals surface area (Å²) >= 11 is 0. The van der Waals surface area contributed by atoms with E-state index in [1.54, 1.807) is 30.3 Å². The number of carbonyl (C=O) groups is 2. The minimum Gasteiger partial charge on any atom is -0.379 e. The minimum atomic E-state index is -4.49. The smallest absolute Gasteiger partial charge is 0.379 e. The average Bonchev–Trinajstić information content (AvgIpc) is 3.21. The standard InChI is InChI=1S/C42H52F3N5O6/c1-4-17-53-18-19-54-20-21-55-22-23-56-29-37(46)31-10-8-11-32(25-31)41(52)49-38-14-13-35(50(5-2)6-3)27-36(38)39-26-33(15-16-47-39)40(51)48-28-30-9-7-12-34(24-30)42(43,44)45/h7-16,24-27,37H,4-6,17-23,28-29,46H2,1-3H3,(H,48,51)(H,49,52). The highest BCUT2D eigenvalue weighted by Crippen LogP contribution is 2.33. The summed E-state index contributed by atoms with van der Waals surface area (Å²) in [6, 6.07) is 20.0. The van der Waals surface area contributed by atoms with Crippen molar-refractivity contribution in [3.8, 4) is 11.3 Å². The number of hydrogen-bond acceptors (Lipinski definition) is 9. The number of aromatic nitrogens is 1. The summed E-state index contributed by atoms with van der Waals surface area (Å²) in [6.45, 7) is 11.2. The van der Waals surface area contributed by atoms with Gasteiger partial charge >= 0.3 is 6.18 Å². The van der Waals surface area contributed by atoms with Crippen LogP contribution in [-0.4, -0.2) is 82.7 Å². The Bertz CT molecular complexity index is 1840. The summed E-state index contributed by atoms with van der Waals surface area (Å²) in [6.07, 6.45) is -2.04. The van der Waals surface area contributed by atoms with Crippen molar-refractivity contribution >= 4 is 23.2 Å². The molecule has 0 aliphatic rings. The number of pyridine rings is 1. The fraction of sp³-hybridized carbons (Fsp3) is 0.405. The maximum atomic E-state index is 13.7. The van der Waals surface area contributed by atoms with Gasteiger partial charge in [-0.2, -0.15) is 13.2 Å². The number of carbonyl (C=O) groups excluding carboxylic acids is 2. The molecule has 3 aromatic carbocycles. The third kappa shape index (κ3) is 13.7. The molecule has 2 amide bonds. The number of nitrogens with one attached hydrogen (secondary N) is 2. The van der Waals surface area contributed by atoms with E-state index in [1.807, 2.05) is 32.0 Å². The van der Waals surface area contributed by atoms with Gasteiger partial charge in [-0.25, -0.2) is 0 Å². The highest BCUT2D eigenvalue weighted by atomic mass is 19.4. The number of benzene rings is 3. The fourth-order valence-corrected chi connectivity index (χ4v) is 5.72. The van der Waals surface area contributed by atoms with Crippen LogP contribution in [0.25, 0.3) is 11.3 Å². The van der Waals surface area contributed by atoms with E-state index in [4.69, 9.17) is 24.7 Å². The van der Waals surface area contributed by atoms with Crippen molar-refractivity contribution in [3.05, 3.63) is 113 Å². The van der Waals surface area contributed by atoms with Gasteiger partial charge in [-0.15, -0.1) is 0 Å². The molecule has 1 heterocycles. The zero-order valence-corrected chi connectivity index (χ0v) is 32.2. The molecule has 0 aliphatic carbocycles. The number of rotatable bonds is 23. The van der Waals surface area contributed by atoms with Crippen LogP contribution < -0.4 is 21.3 Å². The van der Waals surface area contributed by atoms with Gasteiger partial charge in [0, 0.05) is 54.8 Å². The van der Waals surface area contributed by atoms with Crippen LogP contribution in [0.3, 0.4) is 0 Å². The third-order valence-electron chi connectivity index (χ3n) is 8.72. The van der Waals surface area contributed by atoms with Gasteiger partial charge < -0.3 is 40.2 Å². The molecule has 4 N–H and O–H groups in total. The van der Waals surface area contributed by atoms with Crippen molar-refractivity contribution in [2.24, 2.45) is 5.73 Å². The van der Waals surface area contributed by atoms with Gasteiger partial charge in [-0.05, 0) is 86.0 Å². The Hall–Kier alpha value is -4.86. The molecule has 4 aromatic rings. The van der Waals surface area contributed by atoms with Crippen LogP contribution in [-0.2, 0) is 31.7 Å². The van der Waals surface area contributed by atoms with Crippen molar-refractivity contribution in [1.29, 1.82) is 0 Å². The van der Waals surface area contributed by atoms with Crippen LogP contribution in [0.1, 0.15) is 70.6 Å². The number of alkyl halides is 3. The molecule has 14 heteroatoms. The van der Waals surface area contributed by atoms with Crippen LogP contribution in [0, 0.1) is 0 Å². The van der Waals surface area contributed by atoms with E-state index in [9.17, 15) is 22.8 Å². The molecule has 0 radical (unpaired) electrons. The van der Waals surface area contributed by atoms with Crippen LogP contribution in [0.15, 0.2) is 85.1 Å². The lowest BCUT2D eigenvalue weighted by Gasteiger charge is -2.23. The molecular weight excluding hydrogens is 727 g/mol. The largest absolute Gasteiger partial charge is 0.416 e. The highest BCUT2D eigenvalue weighted by molar-refractivity contribution is 6.06. The second-order valence-electron chi connectivity index (χ2n) is 12.8. The van der Waals surface area contributed by atoms with Crippen LogP contribution >= 0.6 is 0 Å². The van der Waals surface area contributed by atoms with E-state index in [-0.39, 0.29) is 24.6 Å². The van der Waals surface area contributed by atoms with Gasteiger partial charge in [0.25, 0.3) is 11.8 Å². The summed E-state index contributed by atoms with van der Waals surface area (Å²) in [5.74, 6) is -0.866. The van der Waals surface area contributed by atoms with Crippen molar-refractivity contribution < 1.29 is 41.7 Å². The van der Waals surface area contributed by atoms with Gasteiger partial charge in [0.15, 0.2) is 0 Å². The lowest BCUT2D eigenvalue weighted by Crippen LogP contribution is -2.23. The molecule has 1 unspecified atom stereocenters. The van der Waals surface area contributed by atoms with E-state index in [0.29, 0.717) is 67.7 Å². The number of anilines is 2. The second-order valence-corrected chi connectivity index (χ2v) is 12.8. The number of ether oxygens (including phenoxy) is 4. The minimum absolute atomic E-state index is 0.103. The Kier molecular flexibility index (Phi) is 17.7. The first kappa shape index (κ1) is 43.9. The Morgan fingerprint density at radius 2 is 1.43 bits per heavy atom. The summed E-state index contributed by atoms with van der Waals surface area (Å²) < 4.78 is 61.7. The zero-order valence-electron chi connectivity index (χ0n) is 32.2. The number of nitrogens with zero attached hydrogens (tertiary/aromatic N) is 2. The van der Waals surface area contributed by atoms with Crippen molar-refractivity contribution in [2.75, 3.05) is 76.2 Å². The Balaban J connectivity index is 1.40. The average molecular weight is 780 g/mol. The highest BCUT2D eigenvalue weighted by Gasteiger charge is 2.30. The molecule has 56 heavy (non-hydrogen) atoms. The van der Waals surface area contributed by atoms with E-state index in [1.165, 1.54) is 24.4 Å². The molecule has 0 aliphatic heterocycles. The number of halogens is 3. The molecular formula is C42H52F3N5O6. The van der Waals surface area contributed by atoms with Gasteiger partial charge in [-0.3, -0.25) is 14.6 Å². The first-order chi connectivity index (χ1) is 27.0. The second kappa shape index (κ2) is 22.6. The van der Waals surface area contributed by atoms with E-state index in [0.717, 1.165) is 49.5 Å². The van der Waals surface area contributed by atoms with Crippen molar-refractivity contribution in [3.63, 3.8) is 0 Å². The predicted octanol–water partition coefficient (Wildman–Crippen LogP) is 7.27. The van der Waals surface area contributed by atoms with Crippen LogP contribution in [0.4, 0.5) is 24.5 Å². The summed E-state index contributed by atoms with van der Waals surface area (Å²) in [5.41, 5.74) is 9.64. The van der Waals surface area contributed by atoms with Crippen molar-refractivity contribution in [2.45, 2.75) is 46.0 Å². The molecule has 0 saturated heterocycles. The molecule has 0 bridgehead atoms. The van der Waals surface area contributed by atoms with E-state index in [2.05, 4.69) is 27.4 Å². The zero-order chi connectivity index (χ0) is 40.3. The maximum absolute atomic E-state index is 13.7. The summed E-state index contributed by atoms with van der Waals surface area (Å²) in [7, 11) is 0. The molecule has 4 rings (SSSR count). The number of amides is 2. The Labute approximate surface area is 326 Å². The number of hydrogen-bond donors (Lipinski definition) is 3. The quantitative estimate of drug-likeness (QED) is 0.0664. The number of nitrogens with two attached hydrogens (primary N) is 1. The van der Waals surface area contributed by atoms with E-state index < -0.39 is 23.7 Å². The summed E-state index contributed by atoms with van der Waals surface area (Å²) in [5, 5.41) is 5.70. The van der Waals surface area contributed by atoms with Gasteiger partial charge in [-0.1, -0.05) is 31.2 Å². The Morgan fingerprint density at radius 1 is 0.768 bits per heavy atom.